The lowest BCUT2D eigenvalue weighted by atomic mass is 9.80. The van der Waals surface area contributed by atoms with E-state index in [4.69, 9.17) is 10.0 Å². The van der Waals surface area contributed by atoms with Gasteiger partial charge in [0.2, 0.25) is 0 Å². The monoisotopic (exact) mass is 1190 g/mol. The van der Waals surface area contributed by atoms with Crippen molar-refractivity contribution in [2.45, 2.75) is 0 Å². The van der Waals surface area contributed by atoms with Gasteiger partial charge < -0.3 is 10.0 Å². The van der Waals surface area contributed by atoms with Crippen molar-refractivity contribution in [2.75, 3.05) is 0 Å². The summed E-state index contributed by atoms with van der Waals surface area (Å²) in [6, 6.07) is 134. The van der Waals surface area contributed by atoms with E-state index >= 15 is 0 Å². The van der Waals surface area contributed by atoms with Gasteiger partial charge in [0, 0.05) is 0 Å². The van der Waals surface area contributed by atoms with E-state index in [0.717, 1.165) is 6.07 Å². The van der Waals surface area contributed by atoms with Gasteiger partial charge in [-0.05, 0) is 113 Å². The summed E-state index contributed by atoms with van der Waals surface area (Å²) in [5.74, 6) is -0.467. The Morgan fingerprint density at radius 1 is 0.186 bits per heavy atom. The molecular weight excluding hydrogens is 1120 g/mol. The second-order valence-corrected chi connectivity index (χ2v) is 28.2. The lowest BCUT2D eigenvalue weighted by Crippen LogP contribution is -2.29. The van der Waals surface area contributed by atoms with Gasteiger partial charge in [0.1, 0.15) is 5.82 Å². The molecule has 2 nitrogen and oxygen atoms in total. The molecule has 0 radical (unpaired) electrons. The summed E-state index contributed by atoms with van der Waals surface area (Å²) in [5, 5.41) is 33.9. The van der Waals surface area contributed by atoms with Crippen molar-refractivity contribution in [3.8, 4) is 0 Å². The highest BCUT2D eigenvalue weighted by atomic mass is 31.1. The van der Waals surface area contributed by atoms with Crippen LogP contribution in [0.1, 0.15) is 0 Å². The molecule has 0 saturated carbocycles. The third kappa shape index (κ3) is 18.7. The van der Waals surface area contributed by atoms with E-state index in [1.54, 1.807) is 0 Å². The van der Waals surface area contributed by atoms with Gasteiger partial charge in [-0.25, -0.2) is 4.39 Å². The van der Waals surface area contributed by atoms with Gasteiger partial charge in [-0.1, -0.05) is 376 Å². The largest absolute Gasteiger partial charge is 0.488 e. The van der Waals surface area contributed by atoms with E-state index in [1.165, 1.54) is 81.9 Å². The van der Waals surface area contributed by atoms with Crippen LogP contribution in [0.3, 0.4) is 0 Å². The van der Waals surface area contributed by atoms with Gasteiger partial charge in [0.05, 0.1) is 0 Å². The van der Waals surface area contributed by atoms with Crippen LogP contribution in [0.15, 0.2) is 388 Å². The van der Waals surface area contributed by atoms with Crippen molar-refractivity contribution in [1.82, 2.24) is 0 Å². The number of hydrogen-bond donors (Lipinski definition) is 2. The van der Waals surface area contributed by atoms with Gasteiger partial charge in [-0.2, -0.15) is 0 Å². The van der Waals surface area contributed by atoms with Crippen molar-refractivity contribution in [2.24, 2.45) is 0 Å². The molecule has 0 aromatic heterocycles. The molecule has 0 atom stereocenters. The highest BCUT2D eigenvalue weighted by Gasteiger charge is 2.19. The van der Waals surface area contributed by atoms with E-state index in [-0.39, 0.29) is 5.46 Å². The predicted octanol–water partition coefficient (Wildman–Crippen LogP) is 13.3. The maximum atomic E-state index is 12.3. The topological polar surface area (TPSA) is 40.5 Å². The summed E-state index contributed by atoms with van der Waals surface area (Å²) in [5.41, 5.74) is 0.167. The lowest BCUT2D eigenvalue weighted by molar-refractivity contribution is 0.425. The fourth-order valence-electron chi connectivity index (χ4n) is 9.38. The highest BCUT2D eigenvalue weighted by molar-refractivity contribution is 7.81. The average Bonchev–Trinajstić information content (AvgIpc) is 3.78. The van der Waals surface area contributed by atoms with Crippen molar-refractivity contribution in [1.29, 1.82) is 0 Å². The van der Waals surface area contributed by atoms with Crippen LogP contribution in [0.25, 0.3) is 0 Å². The normalized spacial score (nSPS) is 10.5. The summed E-state index contributed by atoms with van der Waals surface area (Å²) >= 11 is 0. The molecule has 0 aliphatic carbocycles. The molecule has 0 saturated heterocycles. The van der Waals surface area contributed by atoms with Crippen LogP contribution in [0, 0.1) is 5.82 Å². The number of hydrogen-bond acceptors (Lipinski definition) is 2. The maximum Gasteiger partial charge on any atom is 0.488 e. The molecule has 0 spiro atoms. The summed E-state index contributed by atoms with van der Waals surface area (Å²) in [6.45, 7) is 0. The molecule has 0 bridgehead atoms. The molecule has 0 heterocycles. The van der Waals surface area contributed by atoms with Gasteiger partial charge in [0.15, 0.2) is 0 Å². The van der Waals surface area contributed by atoms with Crippen LogP contribution in [0.2, 0.25) is 0 Å². The molecule has 0 aliphatic heterocycles. The fourth-order valence-corrected chi connectivity index (χ4v) is 18.6. The SMILES string of the molecule is OB(O)c1cccc(F)c1.c1ccc(P(c2ccccc2)c2ccccc2)cc1.c1ccc(P(c2ccccc2)c2ccccc2)cc1.c1ccc(P(c2ccccc2)c2ccccc2)cc1.c1ccc(P(c2ccccc2)c2ccccc2)cc1. The molecule has 0 unspecified atom stereocenters. The zero-order valence-corrected chi connectivity index (χ0v) is 51.2. The third-order valence-electron chi connectivity index (χ3n) is 13.3. The second-order valence-electron chi connectivity index (χ2n) is 19.3. The molecule has 8 heteroatoms. The third-order valence-corrected chi connectivity index (χ3v) is 23.1. The van der Waals surface area contributed by atoms with Crippen LogP contribution in [0.4, 0.5) is 4.39 Å². The Kier molecular flexibility index (Phi) is 24.9. The van der Waals surface area contributed by atoms with Crippen LogP contribution < -0.4 is 69.1 Å². The van der Waals surface area contributed by atoms with Gasteiger partial charge in [-0.15, -0.1) is 0 Å². The Morgan fingerprint density at radius 3 is 0.430 bits per heavy atom. The zero-order chi connectivity index (χ0) is 59.2. The first-order valence-electron chi connectivity index (χ1n) is 28.4. The first-order valence-corrected chi connectivity index (χ1v) is 33.8. The Hall–Kier alpha value is -8.51. The highest BCUT2D eigenvalue weighted by Crippen LogP contribution is 2.35. The molecule has 86 heavy (non-hydrogen) atoms. The minimum Gasteiger partial charge on any atom is -0.423 e. The Bertz CT molecular complexity index is 3050. The quantitative estimate of drug-likeness (QED) is 0.0892. The van der Waals surface area contributed by atoms with Gasteiger partial charge in [-0.3, -0.25) is 0 Å². The molecule has 13 aromatic carbocycles. The first-order chi connectivity index (χ1) is 42.5. The molecule has 0 amide bonds. The summed E-state index contributed by atoms with van der Waals surface area (Å²) in [6.07, 6.45) is 0. The molecule has 420 valence electrons. The fraction of sp³-hybridized carbons (Fsp3) is 0. The molecule has 0 aliphatic rings. The Labute approximate surface area is 513 Å². The van der Waals surface area contributed by atoms with Crippen molar-refractivity contribution < 1.29 is 14.4 Å². The van der Waals surface area contributed by atoms with Crippen molar-refractivity contribution >= 4 is 108 Å². The van der Waals surface area contributed by atoms with E-state index in [9.17, 15) is 4.39 Å². The van der Waals surface area contributed by atoms with Crippen molar-refractivity contribution in [3.05, 3.63) is 394 Å². The smallest absolute Gasteiger partial charge is 0.423 e. The first kappa shape index (κ1) is 62.0. The summed E-state index contributed by atoms with van der Waals surface area (Å²) < 4.78 is 12.3. The minimum atomic E-state index is -1.59. The Balaban J connectivity index is 0.000000130. The van der Waals surface area contributed by atoms with E-state index in [1.807, 2.05) is 0 Å². The molecule has 13 aromatic rings. The van der Waals surface area contributed by atoms with E-state index in [0.29, 0.717) is 0 Å². The van der Waals surface area contributed by atoms with E-state index in [2.05, 4.69) is 364 Å². The van der Waals surface area contributed by atoms with Gasteiger partial charge in [0.25, 0.3) is 0 Å². The molecule has 13 rings (SSSR count). The van der Waals surface area contributed by atoms with Crippen LogP contribution in [-0.4, -0.2) is 17.2 Å². The Morgan fingerprint density at radius 2 is 0.326 bits per heavy atom. The standard InChI is InChI=1S/4C18H15P.C6H6BFO2/c4*1-4-10-16(11-5-1)19(17-12-6-2-7-13-17)18-14-8-3-9-15-18;8-6-3-1-2-5(4-6)7(9)10/h4*1-15H;1-4,9-10H. The van der Waals surface area contributed by atoms with Crippen LogP contribution in [-0.2, 0) is 0 Å². The predicted molar refractivity (Wildman–Crippen MR) is 377 cm³/mol. The minimum absolute atomic E-state index is 0.167. The van der Waals surface area contributed by atoms with Crippen LogP contribution in [0.5, 0.6) is 0 Å². The zero-order valence-electron chi connectivity index (χ0n) is 47.6. The van der Waals surface area contributed by atoms with Crippen LogP contribution >= 0.6 is 31.7 Å². The van der Waals surface area contributed by atoms with Gasteiger partial charge >= 0.3 is 7.12 Å². The number of rotatable bonds is 13. The second kappa shape index (κ2) is 34.5. The molecule has 0 fully saturated rings. The summed E-state index contributed by atoms with van der Waals surface area (Å²) in [7, 11) is -3.37. The average molecular weight is 1190 g/mol. The molecule has 2 N–H and O–H groups in total. The maximum absolute atomic E-state index is 12.3. The lowest BCUT2D eigenvalue weighted by Gasteiger charge is -2.18. The molecular formula is C78H66BFO2P4. The van der Waals surface area contributed by atoms with E-state index < -0.39 is 44.6 Å². The van der Waals surface area contributed by atoms with Crippen molar-refractivity contribution in [3.63, 3.8) is 0 Å². The summed E-state index contributed by atoms with van der Waals surface area (Å²) in [4.78, 5) is 0. The number of halogens is 1. The number of benzene rings is 13.